The van der Waals surface area contributed by atoms with Gasteiger partial charge in [0.1, 0.15) is 5.82 Å². The number of carbonyl (C=O) groups excluding carboxylic acids is 1. The van der Waals surface area contributed by atoms with E-state index in [9.17, 15) is 17.6 Å². The standard InChI is InChI=1S/C16H22FN3O3S.ClH/c17-14-9-12(24(22,23)19-15(10-18)11-3-4-11)5-6-13(14)16(21)20-7-1-2-8-20;/h5-6,9,11,15,19H,1-4,7-8,10,18H2;1H. The molecule has 9 heteroatoms. The van der Waals surface area contributed by atoms with Gasteiger partial charge in [-0.15, -0.1) is 12.4 Å². The first kappa shape index (κ1) is 20.1. The van der Waals surface area contributed by atoms with Gasteiger partial charge in [0.15, 0.2) is 0 Å². The lowest BCUT2D eigenvalue weighted by Crippen LogP contribution is -2.41. The number of nitrogens with zero attached hydrogens (tertiary/aromatic N) is 1. The number of nitrogens with two attached hydrogens (primary N) is 1. The zero-order chi connectivity index (χ0) is 17.3. The van der Waals surface area contributed by atoms with Crippen molar-refractivity contribution < 1.29 is 17.6 Å². The van der Waals surface area contributed by atoms with Gasteiger partial charge in [-0.2, -0.15) is 0 Å². The molecule has 1 aliphatic heterocycles. The molecule has 1 atom stereocenters. The molecule has 2 aliphatic rings. The smallest absolute Gasteiger partial charge is 0.256 e. The average molecular weight is 392 g/mol. The van der Waals surface area contributed by atoms with E-state index in [4.69, 9.17) is 5.73 Å². The number of carbonyl (C=O) groups is 1. The van der Waals surface area contributed by atoms with E-state index in [0.29, 0.717) is 13.1 Å². The molecule has 6 nitrogen and oxygen atoms in total. The van der Waals surface area contributed by atoms with Gasteiger partial charge < -0.3 is 10.6 Å². The Bertz CT molecular complexity index is 734. The lowest BCUT2D eigenvalue weighted by atomic mass is 10.2. The third kappa shape index (κ3) is 4.49. The van der Waals surface area contributed by atoms with Crippen LogP contribution in [-0.4, -0.2) is 44.9 Å². The van der Waals surface area contributed by atoms with E-state index >= 15 is 0 Å². The maximum Gasteiger partial charge on any atom is 0.256 e. The van der Waals surface area contributed by atoms with Crippen LogP contribution in [0.4, 0.5) is 4.39 Å². The zero-order valence-corrected chi connectivity index (χ0v) is 15.4. The summed E-state index contributed by atoms with van der Waals surface area (Å²) in [7, 11) is -3.86. The number of halogens is 2. The summed E-state index contributed by atoms with van der Waals surface area (Å²) in [6.45, 7) is 1.43. The molecule has 0 spiro atoms. The third-order valence-corrected chi connectivity index (χ3v) is 6.11. The molecule has 3 rings (SSSR count). The van der Waals surface area contributed by atoms with Crippen LogP contribution in [0.3, 0.4) is 0 Å². The molecule has 1 aliphatic carbocycles. The highest BCUT2D eigenvalue weighted by molar-refractivity contribution is 7.89. The highest BCUT2D eigenvalue weighted by Gasteiger charge is 2.33. The molecule has 1 unspecified atom stereocenters. The second-order valence-corrected chi connectivity index (χ2v) is 8.16. The predicted molar refractivity (Wildman–Crippen MR) is 94.7 cm³/mol. The number of likely N-dealkylation sites (tertiary alicyclic amines) is 1. The molecule has 3 N–H and O–H groups in total. The highest BCUT2D eigenvalue weighted by Crippen LogP contribution is 2.33. The number of amides is 1. The number of nitrogens with one attached hydrogen (secondary N) is 1. The Morgan fingerprint density at radius 2 is 1.96 bits per heavy atom. The quantitative estimate of drug-likeness (QED) is 0.768. The summed E-state index contributed by atoms with van der Waals surface area (Å²) in [6.07, 6.45) is 3.71. The number of benzene rings is 1. The van der Waals surface area contributed by atoms with Crippen LogP contribution in [0.5, 0.6) is 0 Å². The van der Waals surface area contributed by atoms with Gasteiger partial charge in [-0.05, 0) is 49.8 Å². The van der Waals surface area contributed by atoms with Crippen molar-refractivity contribution in [3.8, 4) is 0 Å². The Hall–Kier alpha value is -1.22. The van der Waals surface area contributed by atoms with Crippen molar-refractivity contribution in [2.24, 2.45) is 11.7 Å². The van der Waals surface area contributed by atoms with Gasteiger partial charge in [-0.1, -0.05) is 0 Å². The normalized spacial score (nSPS) is 18.7. The minimum atomic E-state index is -3.86. The van der Waals surface area contributed by atoms with Crippen molar-refractivity contribution >= 4 is 28.3 Å². The molecule has 2 fully saturated rings. The van der Waals surface area contributed by atoms with E-state index in [1.165, 1.54) is 12.1 Å². The van der Waals surface area contributed by atoms with E-state index < -0.39 is 15.8 Å². The van der Waals surface area contributed by atoms with Crippen molar-refractivity contribution in [1.82, 2.24) is 9.62 Å². The summed E-state index contributed by atoms with van der Waals surface area (Å²) in [5.41, 5.74) is 5.52. The zero-order valence-electron chi connectivity index (χ0n) is 13.8. The highest BCUT2D eigenvalue weighted by atomic mass is 35.5. The molecule has 0 aromatic heterocycles. The summed E-state index contributed by atoms with van der Waals surface area (Å²) in [6, 6.07) is 3.10. The van der Waals surface area contributed by atoms with Crippen LogP contribution in [0.2, 0.25) is 0 Å². The minimum Gasteiger partial charge on any atom is -0.339 e. The van der Waals surface area contributed by atoms with Crippen LogP contribution in [0.15, 0.2) is 23.1 Å². The van der Waals surface area contributed by atoms with Crippen molar-refractivity contribution in [3.05, 3.63) is 29.6 Å². The SMILES string of the molecule is Cl.NCC(NS(=O)(=O)c1ccc(C(=O)N2CCCC2)c(F)c1)C1CC1. The van der Waals surface area contributed by atoms with Gasteiger partial charge in [-0.25, -0.2) is 17.5 Å². The summed E-state index contributed by atoms with van der Waals surface area (Å²) >= 11 is 0. The molecule has 1 aromatic carbocycles. The lowest BCUT2D eigenvalue weighted by Gasteiger charge is -2.18. The maximum absolute atomic E-state index is 14.3. The van der Waals surface area contributed by atoms with Gasteiger partial charge in [0.2, 0.25) is 10.0 Å². The van der Waals surface area contributed by atoms with Gasteiger partial charge in [-0.3, -0.25) is 4.79 Å². The van der Waals surface area contributed by atoms with Crippen LogP contribution < -0.4 is 10.5 Å². The Labute approximate surface area is 153 Å². The third-order valence-electron chi connectivity index (χ3n) is 4.63. The van der Waals surface area contributed by atoms with Crippen molar-refractivity contribution in [1.29, 1.82) is 0 Å². The summed E-state index contributed by atoms with van der Waals surface area (Å²) < 4.78 is 41.6. The van der Waals surface area contributed by atoms with E-state index in [2.05, 4.69) is 4.72 Å². The summed E-state index contributed by atoms with van der Waals surface area (Å²) in [5.74, 6) is -0.948. The van der Waals surface area contributed by atoms with Crippen LogP contribution >= 0.6 is 12.4 Å². The number of hydrogen-bond acceptors (Lipinski definition) is 4. The Morgan fingerprint density at radius 1 is 1.32 bits per heavy atom. The molecule has 0 bridgehead atoms. The molecule has 1 saturated carbocycles. The second-order valence-electron chi connectivity index (χ2n) is 6.44. The predicted octanol–water partition coefficient (Wildman–Crippen LogP) is 1.50. The number of hydrogen-bond donors (Lipinski definition) is 2. The Balaban J connectivity index is 0.00000225. The monoisotopic (exact) mass is 391 g/mol. The summed E-state index contributed by atoms with van der Waals surface area (Å²) in [5, 5.41) is 0. The van der Waals surface area contributed by atoms with Gasteiger partial charge in [0, 0.05) is 25.7 Å². The molecule has 140 valence electrons. The molecule has 1 amide bonds. The van der Waals surface area contributed by atoms with E-state index in [1.54, 1.807) is 4.90 Å². The molecular formula is C16H23ClFN3O3S. The minimum absolute atomic E-state index is 0. The van der Waals surface area contributed by atoms with Gasteiger partial charge in [0.25, 0.3) is 5.91 Å². The first-order valence-corrected chi connectivity index (χ1v) is 9.72. The number of rotatable bonds is 6. The maximum atomic E-state index is 14.3. The van der Waals surface area contributed by atoms with Crippen molar-refractivity contribution in [2.45, 2.75) is 36.6 Å². The van der Waals surface area contributed by atoms with E-state index in [0.717, 1.165) is 31.7 Å². The molecule has 1 aromatic rings. The fourth-order valence-electron chi connectivity index (χ4n) is 3.03. The largest absolute Gasteiger partial charge is 0.339 e. The van der Waals surface area contributed by atoms with Crippen LogP contribution in [0.25, 0.3) is 0 Å². The fourth-order valence-corrected chi connectivity index (χ4v) is 4.36. The van der Waals surface area contributed by atoms with E-state index in [-0.39, 0.29) is 47.3 Å². The topological polar surface area (TPSA) is 92.5 Å². The molecular weight excluding hydrogens is 369 g/mol. The molecule has 25 heavy (non-hydrogen) atoms. The first-order chi connectivity index (χ1) is 11.4. The fraction of sp³-hybridized carbons (Fsp3) is 0.562. The molecule has 1 saturated heterocycles. The van der Waals surface area contributed by atoms with Gasteiger partial charge >= 0.3 is 0 Å². The van der Waals surface area contributed by atoms with Crippen LogP contribution in [0.1, 0.15) is 36.0 Å². The first-order valence-electron chi connectivity index (χ1n) is 8.23. The second kappa shape index (κ2) is 7.99. The van der Waals surface area contributed by atoms with Crippen molar-refractivity contribution in [3.63, 3.8) is 0 Å². The molecule has 1 heterocycles. The number of sulfonamides is 1. The Kier molecular flexibility index (Phi) is 6.42. The lowest BCUT2D eigenvalue weighted by molar-refractivity contribution is 0.0788. The Morgan fingerprint density at radius 3 is 2.48 bits per heavy atom. The summed E-state index contributed by atoms with van der Waals surface area (Å²) in [4.78, 5) is 13.7. The average Bonchev–Trinajstić information content (AvgIpc) is 3.25. The molecule has 0 radical (unpaired) electrons. The van der Waals surface area contributed by atoms with Crippen LogP contribution in [0, 0.1) is 11.7 Å². The van der Waals surface area contributed by atoms with E-state index in [1.807, 2.05) is 0 Å². The van der Waals surface area contributed by atoms with Crippen LogP contribution in [-0.2, 0) is 10.0 Å². The van der Waals surface area contributed by atoms with Crippen molar-refractivity contribution in [2.75, 3.05) is 19.6 Å². The van der Waals surface area contributed by atoms with Gasteiger partial charge in [0.05, 0.1) is 10.5 Å².